The first-order chi connectivity index (χ1) is 8.90. The van der Waals surface area contributed by atoms with Gasteiger partial charge in [0.15, 0.2) is 0 Å². The molecule has 0 radical (unpaired) electrons. The molecule has 3 nitrogen and oxygen atoms in total. The van der Waals surface area contributed by atoms with Crippen LogP contribution >= 0.6 is 23.1 Å². The first kappa shape index (κ1) is 14.3. The first-order valence-corrected chi connectivity index (χ1v) is 8.78. The van der Waals surface area contributed by atoms with Gasteiger partial charge in [0.2, 0.25) is 0 Å². The minimum atomic E-state index is 0.443. The average Bonchev–Trinajstić information content (AvgIpc) is 2.94. The summed E-state index contributed by atoms with van der Waals surface area (Å²) in [6.45, 7) is 5.70. The quantitative estimate of drug-likeness (QED) is 0.755. The molecule has 0 aliphatic carbocycles. The second-order valence-corrected chi connectivity index (χ2v) is 6.94. The summed E-state index contributed by atoms with van der Waals surface area (Å²) in [5.74, 6) is 1.21. The smallest absolute Gasteiger partial charge is 0.109 e. The second kappa shape index (κ2) is 8.15. The molecule has 1 aromatic heterocycles. The number of thioether (sulfide) groups is 1. The van der Waals surface area contributed by atoms with E-state index in [1.165, 1.54) is 36.7 Å². The molecule has 1 aliphatic heterocycles. The van der Waals surface area contributed by atoms with E-state index < -0.39 is 0 Å². The summed E-state index contributed by atoms with van der Waals surface area (Å²) in [6.07, 6.45) is 5.67. The van der Waals surface area contributed by atoms with Gasteiger partial charge in [-0.25, -0.2) is 4.98 Å². The Bertz CT molecular complexity index is 310. The van der Waals surface area contributed by atoms with Gasteiger partial charge in [-0.1, -0.05) is 6.92 Å². The first-order valence-electron chi connectivity index (χ1n) is 6.85. The monoisotopic (exact) mass is 285 g/mol. The van der Waals surface area contributed by atoms with Gasteiger partial charge < -0.3 is 10.6 Å². The Morgan fingerprint density at radius 3 is 3.06 bits per heavy atom. The van der Waals surface area contributed by atoms with E-state index >= 15 is 0 Å². The molecule has 1 aromatic rings. The summed E-state index contributed by atoms with van der Waals surface area (Å²) in [5.41, 5.74) is 0. The van der Waals surface area contributed by atoms with Crippen molar-refractivity contribution in [3.8, 4) is 0 Å². The van der Waals surface area contributed by atoms with Gasteiger partial charge in [-0.15, -0.1) is 11.3 Å². The third-order valence-electron chi connectivity index (χ3n) is 3.29. The molecule has 2 rings (SSSR count). The van der Waals surface area contributed by atoms with Crippen molar-refractivity contribution in [3.63, 3.8) is 0 Å². The van der Waals surface area contributed by atoms with Gasteiger partial charge in [-0.3, -0.25) is 0 Å². The molecule has 0 amide bonds. The maximum Gasteiger partial charge on any atom is 0.109 e. The molecular weight excluding hydrogens is 262 g/mol. The summed E-state index contributed by atoms with van der Waals surface area (Å²) in [5, 5.41) is 11.2. The maximum absolute atomic E-state index is 4.40. The number of piperidine rings is 1. The lowest BCUT2D eigenvalue weighted by Gasteiger charge is -2.22. The van der Waals surface area contributed by atoms with Crippen LogP contribution in [0.1, 0.15) is 37.2 Å². The molecule has 0 aromatic carbocycles. The van der Waals surface area contributed by atoms with Crippen LogP contribution in [0.15, 0.2) is 11.6 Å². The van der Waals surface area contributed by atoms with Crippen molar-refractivity contribution >= 4 is 23.1 Å². The predicted octanol–water partition coefficient (Wildman–Crippen LogP) is 2.67. The highest BCUT2D eigenvalue weighted by atomic mass is 32.2. The zero-order valence-electron chi connectivity index (χ0n) is 11.0. The number of nitrogens with one attached hydrogen (secondary N) is 2. The lowest BCUT2D eigenvalue weighted by molar-refractivity contribution is 0.526. The highest BCUT2D eigenvalue weighted by molar-refractivity contribution is 7.99. The fraction of sp³-hybridized carbons (Fsp3) is 0.769. The summed E-state index contributed by atoms with van der Waals surface area (Å²) in [7, 11) is 0. The molecule has 1 atom stereocenters. The van der Waals surface area contributed by atoms with Gasteiger partial charge in [-0.05, 0) is 32.4 Å². The Kier molecular flexibility index (Phi) is 6.48. The van der Waals surface area contributed by atoms with Gasteiger partial charge in [0.05, 0.1) is 6.04 Å². The van der Waals surface area contributed by atoms with E-state index in [0.29, 0.717) is 6.04 Å². The number of aromatic nitrogens is 1. The van der Waals surface area contributed by atoms with Crippen LogP contribution in [0.2, 0.25) is 0 Å². The van der Waals surface area contributed by atoms with E-state index in [1.54, 1.807) is 11.3 Å². The van der Waals surface area contributed by atoms with Crippen molar-refractivity contribution in [2.75, 3.05) is 25.4 Å². The van der Waals surface area contributed by atoms with Crippen molar-refractivity contribution in [1.29, 1.82) is 0 Å². The molecule has 2 heterocycles. The Hall–Kier alpha value is -0.100. The summed E-state index contributed by atoms with van der Waals surface area (Å²) in [6, 6.07) is 0.443. The molecule has 18 heavy (non-hydrogen) atoms. The van der Waals surface area contributed by atoms with E-state index in [2.05, 4.69) is 39.7 Å². The molecule has 2 N–H and O–H groups in total. The summed E-state index contributed by atoms with van der Waals surface area (Å²) >= 11 is 3.88. The van der Waals surface area contributed by atoms with Gasteiger partial charge in [0.25, 0.3) is 0 Å². The number of hydrogen-bond acceptors (Lipinski definition) is 5. The van der Waals surface area contributed by atoms with Gasteiger partial charge in [0.1, 0.15) is 5.01 Å². The Labute approximate surface area is 118 Å². The van der Waals surface area contributed by atoms with Crippen LogP contribution in [-0.2, 0) is 0 Å². The highest BCUT2D eigenvalue weighted by Gasteiger charge is 2.14. The van der Waals surface area contributed by atoms with Crippen molar-refractivity contribution in [2.24, 2.45) is 0 Å². The van der Waals surface area contributed by atoms with Gasteiger partial charge >= 0.3 is 0 Å². The van der Waals surface area contributed by atoms with E-state index in [9.17, 15) is 0 Å². The van der Waals surface area contributed by atoms with Crippen LogP contribution in [0, 0.1) is 0 Å². The molecule has 5 heteroatoms. The average molecular weight is 285 g/mol. The largest absolute Gasteiger partial charge is 0.317 e. The second-order valence-electron chi connectivity index (χ2n) is 4.61. The Balaban J connectivity index is 1.61. The number of nitrogens with zero attached hydrogens (tertiary/aromatic N) is 1. The van der Waals surface area contributed by atoms with E-state index in [4.69, 9.17) is 0 Å². The fourth-order valence-electron chi connectivity index (χ4n) is 2.23. The SMILES string of the molecule is CCC(NCCSC1CCNCC1)c1nccs1. The Morgan fingerprint density at radius 2 is 2.39 bits per heavy atom. The number of hydrogen-bond donors (Lipinski definition) is 2. The standard InChI is InChI=1S/C13H23N3S2/c1-2-12(13-16-8-10-18-13)15-7-9-17-11-3-5-14-6-4-11/h8,10-12,14-15H,2-7,9H2,1H3. The van der Waals surface area contributed by atoms with Crippen LogP contribution in [0.25, 0.3) is 0 Å². The van der Waals surface area contributed by atoms with Gasteiger partial charge in [0, 0.05) is 29.1 Å². The predicted molar refractivity (Wildman–Crippen MR) is 81.5 cm³/mol. The zero-order valence-corrected chi connectivity index (χ0v) is 12.7. The molecule has 0 bridgehead atoms. The lowest BCUT2D eigenvalue weighted by Crippen LogP contribution is -2.30. The number of rotatable bonds is 7. The minimum absolute atomic E-state index is 0.443. The van der Waals surface area contributed by atoms with E-state index in [0.717, 1.165) is 18.2 Å². The molecule has 0 spiro atoms. The van der Waals surface area contributed by atoms with Crippen molar-refractivity contribution in [2.45, 2.75) is 37.5 Å². The molecule has 1 saturated heterocycles. The van der Waals surface area contributed by atoms with Crippen LogP contribution in [0.3, 0.4) is 0 Å². The molecule has 102 valence electrons. The van der Waals surface area contributed by atoms with E-state index in [-0.39, 0.29) is 0 Å². The zero-order chi connectivity index (χ0) is 12.6. The maximum atomic E-state index is 4.40. The van der Waals surface area contributed by atoms with Crippen LogP contribution in [0.4, 0.5) is 0 Å². The van der Waals surface area contributed by atoms with Crippen LogP contribution < -0.4 is 10.6 Å². The fourth-order valence-corrected chi connectivity index (χ4v) is 4.17. The Morgan fingerprint density at radius 1 is 1.56 bits per heavy atom. The molecule has 1 fully saturated rings. The highest BCUT2D eigenvalue weighted by Crippen LogP contribution is 2.21. The topological polar surface area (TPSA) is 37.0 Å². The molecular formula is C13H23N3S2. The van der Waals surface area contributed by atoms with Crippen molar-refractivity contribution in [3.05, 3.63) is 16.6 Å². The lowest BCUT2D eigenvalue weighted by atomic mass is 10.2. The summed E-state index contributed by atoms with van der Waals surface area (Å²) < 4.78 is 0. The van der Waals surface area contributed by atoms with Crippen LogP contribution in [-0.4, -0.2) is 35.6 Å². The minimum Gasteiger partial charge on any atom is -0.317 e. The third-order valence-corrected chi connectivity index (χ3v) is 5.56. The van der Waals surface area contributed by atoms with Crippen LogP contribution in [0.5, 0.6) is 0 Å². The molecule has 0 saturated carbocycles. The third kappa shape index (κ3) is 4.53. The summed E-state index contributed by atoms with van der Waals surface area (Å²) in [4.78, 5) is 4.40. The van der Waals surface area contributed by atoms with Crippen molar-refractivity contribution in [1.82, 2.24) is 15.6 Å². The number of thiazole rings is 1. The van der Waals surface area contributed by atoms with E-state index in [1.807, 2.05) is 6.20 Å². The van der Waals surface area contributed by atoms with Gasteiger partial charge in [-0.2, -0.15) is 11.8 Å². The normalized spacial score (nSPS) is 18.9. The van der Waals surface area contributed by atoms with Crippen molar-refractivity contribution < 1.29 is 0 Å². The molecule has 1 unspecified atom stereocenters. The molecule has 1 aliphatic rings.